The van der Waals surface area contributed by atoms with E-state index in [4.69, 9.17) is 49.3 Å². The van der Waals surface area contributed by atoms with Crippen molar-refractivity contribution in [2.75, 3.05) is 0 Å². The van der Waals surface area contributed by atoms with Crippen LogP contribution in [-0.2, 0) is 48.4 Å². The molecule has 4 aliphatic heterocycles. The number of ketones is 4. The molecule has 20 rings (SSSR count). The maximum Gasteiger partial charge on any atom is 2.00 e. The Morgan fingerprint density at radius 1 is 0.246 bits per heavy atom. The fraction of sp³-hybridized carbons (Fsp3) is 0.0612. The van der Waals surface area contributed by atoms with Gasteiger partial charge >= 0.3 is 39.0 Å². The van der Waals surface area contributed by atoms with Crippen LogP contribution in [0.1, 0.15) is 126 Å². The molecule has 14 nitrogen and oxygen atoms in total. The van der Waals surface area contributed by atoms with Crippen LogP contribution in [0.3, 0.4) is 0 Å². The van der Waals surface area contributed by atoms with E-state index in [1.54, 1.807) is 12.1 Å². The Morgan fingerprint density at radius 3 is 0.763 bits per heavy atom. The van der Waals surface area contributed by atoms with Gasteiger partial charge in [0.2, 0.25) is 11.6 Å². The number of fused-ring (bicyclic) bond motifs is 22. The van der Waals surface area contributed by atoms with Gasteiger partial charge in [-0.1, -0.05) is 231 Å². The van der Waals surface area contributed by atoms with Crippen LogP contribution in [0.15, 0.2) is 254 Å². The average Bonchev–Trinajstić information content (AvgIpc) is 1.09. The molecule has 6 aliphatic rings. The Hall–Kier alpha value is -13.5. The Kier molecular flexibility index (Phi) is 18.3. The maximum absolute atomic E-state index is 15.9. The van der Waals surface area contributed by atoms with Gasteiger partial charge in [-0.2, -0.15) is 0 Å². The first-order chi connectivity index (χ1) is 54.8. The second kappa shape index (κ2) is 29.0. The van der Waals surface area contributed by atoms with Gasteiger partial charge in [0.25, 0.3) is 0 Å². The molecule has 0 spiro atoms. The van der Waals surface area contributed by atoms with E-state index in [-0.39, 0.29) is 83.9 Å². The Bertz CT molecular complexity index is 6580. The van der Waals surface area contributed by atoms with Crippen molar-refractivity contribution in [3.63, 3.8) is 0 Å². The van der Waals surface area contributed by atoms with Gasteiger partial charge in [-0.25, -0.2) is 19.9 Å². The van der Waals surface area contributed by atoms with E-state index in [1.165, 1.54) is 0 Å². The summed E-state index contributed by atoms with van der Waals surface area (Å²) in [6.45, 7) is 7.37. The number of hydrogen-bond acceptors (Lipinski definition) is 10. The van der Waals surface area contributed by atoms with Crippen LogP contribution in [0.25, 0.3) is 181 Å². The van der Waals surface area contributed by atoms with Crippen LogP contribution < -0.4 is 19.9 Å². The number of rotatable bonds is 11. The zero-order valence-corrected chi connectivity index (χ0v) is 68.2. The molecule has 0 fully saturated rings. The fourth-order valence-electron chi connectivity index (χ4n) is 16.3. The molecule has 0 saturated carbocycles. The van der Waals surface area contributed by atoms with E-state index in [1.807, 2.05) is 307 Å². The minimum Gasteiger partial charge on any atom is -0.657 e. The molecule has 114 heavy (non-hydrogen) atoms. The van der Waals surface area contributed by atoms with Crippen LogP contribution in [0.2, 0.25) is 0 Å². The number of Topliss-reactive ketones (excluding diaryl/α,β-unsaturated/α-hetero) is 4. The summed E-state index contributed by atoms with van der Waals surface area (Å²) in [5.74, 6) is -1.80. The maximum atomic E-state index is 15.9. The number of hydrogen-bond donors (Lipinski definition) is 0. The molecule has 10 heterocycles. The number of ether oxygens (including phenoxy) is 2. The summed E-state index contributed by atoms with van der Waals surface area (Å²) in [7, 11) is 0. The van der Waals surface area contributed by atoms with Crippen molar-refractivity contribution in [1.82, 2.24) is 39.9 Å². The Labute approximate surface area is 679 Å². The molecule has 14 aromatic rings. The molecule has 6 aromatic heterocycles. The molecule has 16 bridgehead atoms. The van der Waals surface area contributed by atoms with Crippen molar-refractivity contribution in [1.29, 1.82) is 0 Å². The van der Waals surface area contributed by atoms with Gasteiger partial charge in [0, 0.05) is 33.4 Å². The molecule has 0 atom stereocenters. The molecule has 0 saturated heterocycles. The minimum atomic E-state index is -0.506. The van der Waals surface area contributed by atoms with Crippen molar-refractivity contribution in [2.45, 2.75) is 39.9 Å². The zero-order chi connectivity index (χ0) is 75.6. The van der Waals surface area contributed by atoms with Crippen LogP contribution in [0.4, 0.5) is 0 Å². The van der Waals surface area contributed by atoms with E-state index >= 15 is 19.2 Å². The molecular weight excluding hydrogens is 1520 g/mol. The van der Waals surface area contributed by atoms with Gasteiger partial charge in [-0.3, -0.25) is 19.2 Å². The van der Waals surface area contributed by atoms with E-state index in [9.17, 15) is 0 Å². The van der Waals surface area contributed by atoms with E-state index in [0.717, 1.165) is 33.0 Å². The first kappa shape index (κ1) is 72.1. The van der Waals surface area contributed by atoms with Gasteiger partial charge < -0.3 is 29.4 Å². The molecule has 0 unspecified atom stereocenters. The molecule has 16 heteroatoms. The SMILES string of the molecule is CC(C)OC1=C(c2c3nc(c(-c4ccccc4)c4ccc([n-]4)c(-c4c5nc(c(-c6ccccc6)c6ccc([n-]6)c(C6=C(OC(C)C)C(=O)c7c(ccc8ccccc78)C6=O)c6nc(c(-c7ccccc7)c7ccc4[n-]7)C=C6)C=C5)c4nc(c(-c5ccccc5)c5ccc2[n-]5)C=C4)C=C3)C(=O)c2ccc3ccccc3c2C1=O.[Zn+2].[Zn+2]. The number of allylic oxidation sites excluding steroid dienone is 4. The number of nitrogens with zero attached hydrogens (tertiary/aromatic N) is 8. The Balaban J connectivity index is 0.00000452. The standard InChI is InChI=1S/C98H66N8O6.2Zn/c1-53(2)111-97-91(93(107)63-35-33-55-21-17-19-31-61(55)85(63)95(97)109)89-77-49-41-69(103-77)81(57-23-9-5-10-24-57)65-37-45-73(99-65)87(74-46-38-66(100-74)82(58-25-11-6-12-26-58)70-42-50-78(89)104-70)88-75-47-39-67(101-75)83(59-27-13-7-14-28-59)71-43-51-79(105-71)90(80-52-44-72(106-80)84(60-29-15-8-16-30-60)68-40-48-76(88)102-68)92-94(108)64-36-34-56-22-18-20-32-62(56)86(64)96(110)98(92)112-54(3)4;;/h5-54H,1-4H3,(H4,99,100,101,102,103,104,105,106,107,108,109,110);;/q;2*+2/p-4. The molecule has 0 radical (unpaired) electrons. The quantitative estimate of drug-likeness (QED) is 0.111. The summed E-state index contributed by atoms with van der Waals surface area (Å²) in [5.41, 5.74) is 17.2. The summed E-state index contributed by atoms with van der Waals surface area (Å²) in [4.78, 5) is 108. The number of benzene rings is 8. The van der Waals surface area contributed by atoms with Crippen molar-refractivity contribution in [3.05, 3.63) is 333 Å². The zero-order valence-electron chi connectivity index (χ0n) is 62.3. The molecule has 8 aromatic carbocycles. The normalized spacial score (nSPS) is 13.5. The largest absolute Gasteiger partial charge is 2.00 e. The summed E-state index contributed by atoms with van der Waals surface area (Å²) in [5, 5.41) is 2.93. The smallest absolute Gasteiger partial charge is 0.657 e. The first-order valence-corrected chi connectivity index (χ1v) is 37.2. The first-order valence-electron chi connectivity index (χ1n) is 37.2. The molecule has 0 amide bonds. The number of carbonyl (C=O) groups is 4. The van der Waals surface area contributed by atoms with Gasteiger partial charge in [-0.05, 0) is 166 Å². The fourth-order valence-corrected chi connectivity index (χ4v) is 16.3. The van der Waals surface area contributed by atoms with Gasteiger partial charge in [0.15, 0.2) is 23.1 Å². The van der Waals surface area contributed by atoms with E-state index in [2.05, 4.69) is 0 Å². The molecule has 0 N–H and O–H groups in total. The third kappa shape index (κ3) is 12.1. The number of aromatic nitrogens is 8. The minimum absolute atomic E-state index is 0. The van der Waals surface area contributed by atoms with Gasteiger partial charge in [0.05, 0.1) is 68.9 Å². The van der Waals surface area contributed by atoms with Crippen LogP contribution in [0.5, 0.6) is 0 Å². The predicted molar refractivity (Wildman–Crippen MR) is 446 cm³/mol. The van der Waals surface area contributed by atoms with Crippen molar-refractivity contribution in [3.8, 4) is 55.6 Å². The van der Waals surface area contributed by atoms with E-state index < -0.39 is 35.3 Å². The van der Waals surface area contributed by atoms with Crippen molar-refractivity contribution < 1.29 is 67.6 Å². The summed E-state index contributed by atoms with van der Waals surface area (Å²) < 4.78 is 13.2. The molecule has 2 aliphatic carbocycles. The van der Waals surface area contributed by atoms with Crippen LogP contribution in [-0.4, -0.2) is 55.3 Å². The van der Waals surface area contributed by atoms with Gasteiger partial charge in [0.1, 0.15) is 0 Å². The van der Waals surface area contributed by atoms with Crippen molar-refractivity contribution >= 4 is 149 Å². The van der Waals surface area contributed by atoms with Gasteiger partial charge in [-0.15, -0.1) is 44.1 Å². The van der Waals surface area contributed by atoms with Crippen LogP contribution >= 0.6 is 0 Å². The number of carbonyl (C=O) groups excluding carboxylic acids is 4. The second-order valence-corrected chi connectivity index (χ2v) is 28.7. The molecular formula is C98H62N8O6Zn2. The summed E-state index contributed by atoms with van der Waals surface area (Å²) in [6.07, 6.45) is 14.6. The second-order valence-electron chi connectivity index (χ2n) is 28.7. The Morgan fingerprint density at radius 2 is 0.482 bits per heavy atom. The third-order valence-electron chi connectivity index (χ3n) is 21.0. The molecule has 534 valence electrons. The van der Waals surface area contributed by atoms with Crippen molar-refractivity contribution in [2.24, 2.45) is 0 Å². The topological polar surface area (TPSA) is 195 Å². The summed E-state index contributed by atoms with van der Waals surface area (Å²) in [6, 6.07) is 77.8. The predicted octanol–water partition coefficient (Wildman–Crippen LogP) is 21.2. The summed E-state index contributed by atoms with van der Waals surface area (Å²) >= 11 is 0. The average molecular weight is 1580 g/mol. The third-order valence-corrected chi connectivity index (χ3v) is 21.0. The monoisotopic (exact) mass is 1570 g/mol. The van der Waals surface area contributed by atoms with Crippen LogP contribution in [0, 0.1) is 0 Å². The van der Waals surface area contributed by atoms with E-state index in [0.29, 0.717) is 145 Å².